The Bertz CT molecular complexity index is 159. The van der Waals surface area contributed by atoms with Gasteiger partial charge in [-0.3, -0.25) is 0 Å². The highest BCUT2D eigenvalue weighted by Crippen LogP contribution is 2.06. The van der Waals surface area contributed by atoms with E-state index >= 15 is 0 Å². The molecule has 0 radical (unpaired) electrons. The SMILES string of the molecule is COC1C/C=C/C=C\C=C\C1. The summed E-state index contributed by atoms with van der Waals surface area (Å²) in [5, 5.41) is 0. The van der Waals surface area contributed by atoms with Crippen LogP contribution in [-0.2, 0) is 4.74 Å². The van der Waals surface area contributed by atoms with E-state index < -0.39 is 0 Å². The van der Waals surface area contributed by atoms with Crippen molar-refractivity contribution in [1.82, 2.24) is 0 Å². The smallest absolute Gasteiger partial charge is 0.0640 e. The first kappa shape index (κ1) is 8.28. The van der Waals surface area contributed by atoms with Gasteiger partial charge in [0, 0.05) is 7.11 Å². The lowest BCUT2D eigenvalue weighted by molar-refractivity contribution is 0.108. The van der Waals surface area contributed by atoms with Crippen LogP contribution in [0, 0.1) is 0 Å². The lowest BCUT2D eigenvalue weighted by Gasteiger charge is -2.09. The lowest BCUT2D eigenvalue weighted by Crippen LogP contribution is -2.07. The first-order valence-corrected chi connectivity index (χ1v) is 3.94. The molecule has 11 heavy (non-hydrogen) atoms. The maximum Gasteiger partial charge on any atom is 0.0640 e. The van der Waals surface area contributed by atoms with Gasteiger partial charge in [0.2, 0.25) is 0 Å². The van der Waals surface area contributed by atoms with Crippen molar-refractivity contribution in [2.24, 2.45) is 0 Å². The van der Waals surface area contributed by atoms with Gasteiger partial charge in [0.1, 0.15) is 0 Å². The second kappa shape index (κ2) is 4.91. The summed E-state index contributed by atoms with van der Waals surface area (Å²) in [7, 11) is 1.76. The van der Waals surface area contributed by atoms with Gasteiger partial charge in [-0.2, -0.15) is 0 Å². The zero-order valence-electron chi connectivity index (χ0n) is 6.86. The molecule has 0 aliphatic heterocycles. The zero-order chi connectivity index (χ0) is 7.94. The van der Waals surface area contributed by atoms with E-state index in [1.54, 1.807) is 7.11 Å². The fourth-order valence-corrected chi connectivity index (χ4v) is 1.03. The molecule has 0 amide bonds. The monoisotopic (exact) mass is 150 g/mol. The van der Waals surface area contributed by atoms with Crippen LogP contribution in [0.2, 0.25) is 0 Å². The van der Waals surface area contributed by atoms with E-state index in [-0.39, 0.29) is 0 Å². The van der Waals surface area contributed by atoms with Gasteiger partial charge in [-0.05, 0) is 12.8 Å². The summed E-state index contributed by atoms with van der Waals surface area (Å²) >= 11 is 0. The third kappa shape index (κ3) is 3.19. The van der Waals surface area contributed by atoms with E-state index in [1.165, 1.54) is 0 Å². The van der Waals surface area contributed by atoms with Crippen molar-refractivity contribution in [2.75, 3.05) is 7.11 Å². The Kier molecular flexibility index (Phi) is 3.70. The molecule has 0 saturated carbocycles. The molecule has 0 heterocycles. The minimum absolute atomic E-state index is 0.349. The van der Waals surface area contributed by atoms with E-state index in [2.05, 4.69) is 24.3 Å². The fourth-order valence-electron chi connectivity index (χ4n) is 1.03. The fraction of sp³-hybridized carbons (Fsp3) is 0.400. The molecule has 0 saturated heterocycles. The summed E-state index contributed by atoms with van der Waals surface area (Å²) in [5.41, 5.74) is 0. The van der Waals surface area contributed by atoms with Gasteiger partial charge in [0.25, 0.3) is 0 Å². The summed E-state index contributed by atoms with van der Waals surface area (Å²) in [4.78, 5) is 0. The molecule has 60 valence electrons. The molecular weight excluding hydrogens is 136 g/mol. The molecule has 1 rings (SSSR count). The highest BCUT2D eigenvalue weighted by Gasteiger charge is 2.01. The Labute approximate surface area is 68.1 Å². The molecule has 1 heteroatoms. The Morgan fingerprint density at radius 3 is 2.00 bits per heavy atom. The van der Waals surface area contributed by atoms with Crippen molar-refractivity contribution >= 4 is 0 Å². The topological polar surface area (TPSA) is 9.23 Å². The summed E-state index contributed by atoms with van der Waals surface area (Å²) < 4.78 is 5.25. The number of rotatable bonds is 1. The average Bonchev–Trinajstić information content (AvgIpc) is 2.16. The highest BCUT2D eigenvalue weighted by molar-refractivity contribution is 5.13. The van der Waals surface area contributed by atoms with Crippen molar-refractivity contribution in [3.8, 4) is 0 Å². The number of hydrogen-bond donors (Lipinski definition) is 0. The van der Waals surface area contributed by atoms with Crippen LogP contribution in [0.15, 0.2) is 36.5 Å². The number of methoxy groups -OCH3 is 1. The van der Waals surface area contributed by atoms with E-state index in [9.17, 15) is 0 Å². The lowest BCUT2D eigenvalue weighted by atomic mass is 10.2. The normalized spacial score (nSPS) is 28.1. The Hall–Kier alpha value is -0.820. The van der Waals surface area contributed by atoms with E-state index in [0.29, 0.717) is 6.10 Å². The number of allylic oxidation sites excluding steroid dienone is 4. The maximum atomic E-state index is 5.25. The molecule has 0 N–H and O–H groups in total. The largest absolute Gasteiger partial charge is 0.381 e. The van der Waals surface area contributed by atoms with Crippen LogP contribution in [0.1, 0.15) is 12.8 Å². The van der Waals surface area contributed by atoms with Gasteiger partial charge < -0.3 is 4.74 Å². The summed E-state index contributed by atoms with van der Waals surface area (Å²) in [6.07, 6.45) is 14.8. The maximum absolute atomic E-state index is 5.25. The van der Waals surface area contributed by atoms with Crippen molar-refractivity contribution in [3.05, 3.63) is 36.5 Å². The van der Waals surface area contributed by atoms with Crippen molar-refractivity contribution in [3.63, 3.8) is 0 Å². The first-order chi connectivity index (χ1) is 5.43. The van der Waals surface area contributed by atoms with Crippen LogP contribution in [0.25, 0.3) is 0 Å². The van der Waals surface area contributed by atoms with Gasteiger partial charge >= 0.3 is 0 Å². The molecule has 0 aromatic heterocycles. The van der Waals surface area contributed by atoms with Gasteiger partial charge in [-0.1, -0.05) is 36.5 Å². The second-order valence-electron chi connectivity index (χ2n) is 2.57. The van der Waals surface area contributed by atoms with Crippen LogP contribution >= 0.6 is 0 Å². The van der Waals surface area contributed by atoms with Gasteiger partial charge in [0.05, 0.1) is 6.10 Å². The molecule has 0 spiro atoms. The molecule has 0 bridgehead atoms. The van der Waals surface area contributed by atoms with Crippen LogP contribution in [-0.4, -0.2) is 13.2 Å². The molecule has 0 atom stereocenters. The van der Waals surface area contributed by atoms with Crippen molar-refractivity contribution in [1.29, 1.82) is 0 Å². The van der Waals surface area contributed by atoms with E-state index in [0.717, 1.165) is 12.8 Å². The molecule has 0 fully saturated rings. The predicted molar refractivity (Wildman–Crippen MR) is 47.5 cm³/mol. The Balaban J connectivity index is 2.51. The summed E-state index contributed by atoms with van der Waals surface area (Å²) in [6, 6.07) is 0. The van der Waals surface area contributed by atoms with E-state index in [1.807, 2.05) is 12.2 Å². The zero-order valence-corrected chi connectivity index (χ0v) is 6.86. The standard InChI is InChI=1S/C10H14O/c1-11-10-8-6-4-2-3-5-7-9-10/h2-7,10H,8-9H2,1H3/b3-2-,6-4+,7-5+. The Morgan fingerprint density at radius 1 is 1.00 bits per heavy atom. The summed E-state index contributed by atoms with van der Waals surface area (Å²) in [5.74, 6) is 0. The molecule has 0 aromatic rings. The van der Waals surface area contributed by atoms with Gasteiger partial charge in [-0.25, -0.2) is 0 Å². The Morgan fingerprint density at radius 2 is 1.55 bits per heavy atom. The predicted octanol–water partition coefficient (Wildman–Crippen LogP) is 2.46. The quantitative estimate of drug-likeness (QED) is 0.558. The average molecular weight is 150 g/mol. The van der Waals surface area contributed by atoms with Crippen LogP contribution in [0.4, 0.5) is 0 Å². The minimum atomic E-state index is 0.349. The molecule has 0 unspecified atom stereocenters. The first-order valence-electron chi connectivity index (χ1n) is 3.94. The molecule has 0 aromatic carbocycles. The molecule has 1 aliphatic rings. The van der Waals surface area contributed by atoms with Crippen LogP contribution in [0.3, 0.4) is 0 Å². The molecule has 1 nitrogen and oxygen atoms in total. The van der Waals surface area contributed by atoms with Gasteiger partial charge in [0.15, 0.2) is 0 Å². The number of hydrogen-bond acceptors (Lipinski definition) is 1. The molecule has 1 aliphatic carbocycles. The van der Waals surface area contributed by atoms with Gasteiger partial charge in [-0.15, -0.1) is 0 Å². The molecular formula is C10H14O. The highest BCUT2D eigenvalue weighted by atomic mass is 16.5. The number of ether oxygens (including phenoxy) is 1. The van der Waals surface area contributed by atoms with E-state index in [4.69, 9.17) is 4.74 Å². The third-order valence-electron chi connectivity index (χ3n) is 1.74. The van der Waals surface area contributed by atoms with Crippen molar-refractivity contribution in [2.45, 2.75) is 18.9 Å². The van der Waals surface area contributed by atoms with Crippen LogP contribution < -0.4 is 0 Å². The van der Waals surface area contributed by atoms with Crippen molar-refractivity contribution < 1.29 is 4.74 Å². The summed E-state index contributed by atoms with van der Waals surface area (Å²) in [6.45, 7) is 0. The third-order valence-corrected chi connectivity index (χ3v) is 1.74. The second-order valence-corrected chi connectivity index (χ2v) is 2.57. The minimum Gasteiger partial charge on any atom is -0.381 e. The van der Waals surface area contributed by atoms with Crippen LogP contribution in [0.5, 0.6) is 0 Å².